The lowest BCUT2D eigenvalue weighted by atomic mass is 10.1. The van der Waals surface area contributed by atoms with Crippen molar-refractivity contribution in [2.75, 3.05) is 13.2 Å². The number of nitrogens with one attached hydrogen (secondary N) is 1. The summed E-state index contributed by atoms with van der Waals surface area (Å²) in [6.45, 7) is 6.39. The van der Waals surface area contributed by atoms with E-state index in [1.54, 1.807) is 24.6 Å². The lowest BCUT2D eigenvalue weighted by Gasteiger charge is -2.17. The molecule has 0 spiro atoms. The normalized spacial score (nSPS) is 10.9. The molecule has 1 aromatic heterocycles. The molecule has 0 saturated heterocycles. The second-order valence-corrected chi connectivity index (χ2v) is 8.70. The van der Waals surface area contributed by atoms with Gasteiger partial charge in [0.15, 0.2) is 18.1 Å². The summed E-state index contributed by atoms with van der Waals surface area (Å²) >= 11 is 5.99. The number of hydrogen-bond donors (Lipinski definition) is 1. The highest BCUT2D eigenvalue weighted by Crippen LogP contribution is 2.34. The van der Waals surface area contributed by atoms with Crippen molar-refractivity contribution < 1.29 is 19.0 Å². The van der Waals surface area contributed by atoms with Gasteiger partial charge in [-0.25, -0.2) is 5.43 Å². The van der Waals surface area contributed by atoms with Crippen LogP contribution in [0.1, 0.15) is 23.6 Å². The number of aromatic nitrogens is 1. The predicted octanol–water partition coefficient (Wildman–Crippen LogP) is 6.12. The predicted molar refractivity (Wildman–Crippen MR) is 150 cm³/mol. The second kappa shape index (κ2) is 13.3. The first-order valence-electron chi connectivity index (χ1n) is 12.1. The molecule has 7 nitrogen and oxygen atoms in total. The third-order valence-corrected chi connectivity index (χ3v) is 5.72. The molecule has 4 rings (SSSR count). The van der Waals surface area contributed by atoms with E-state index in [0.717, 1.165) is 22.1 Å². The van der Waals surface area contributed by atoms with Crippen molar-refractivity contribution in [1.82, 2.24) is 10.4 Å². The Morgan fingerprint density at radius 2 is 1.87 bits per heavy atom. The topological polar surface area (TPSA) is 82.0 Å². The molecule has 0 radical (unpaired) electrons. The van der Waals surface area contributed by atoms with Gasteiger partial charge in [0, 0.05) is 22.2 Å². The molecule has 0 fully saturated rings. The summed E-state index contributed by atoms with van der Waals surface area (Å²) in [7, 11) is 0. The Hall–Kier alpha value is -4.36. The van der Waals surface area contributed by atoms with E-state index in [1.165, 1.54) is 0 Å². The molecule has 1 N–H and O–H groups in total. The van der Waals surface area contributed by atoms with E-state index >= 15 is 0 Å². The summed E-state index contributed by atoms with van der Waals surface area (Å²) in [6.07, 6.45) is 5.60. The van der Waals surface area contributed by atoms with Crippen LogP contribution in [0.4, 0.5) is 0 Å². The highest BCUT2D eigenvalue weighted by atomic mass is 35.5. The Balaban J connectivity index is 1.43. The minimum absolute atomic E-state index is 0.198. The van der Waals surface area contributed by atoms with Crippen molar-refractivity contribution in [1.29, 1.82) is 0 Å². The van der Waals surface area contributed by atoms with Crippen molar-refractivity contribution in [3.8, 4) is 17.2 Å². The average molecular weight is 530 g/mol. The number of carbonyl (C=O) groups is 1. The number of pyridine rings is 1. The van der Waals surface area contributed by atoms with E-state index in [1.807, 2.05) is 67.6 Å². The van der Waals surface area contributed by atoms with Crippen LogP contribution in [-0.2, 0) is 17.8 Å². The van der Waals surface area contributed by atoms with Gasteiger partial charge in [0.1, 0.15) is 17.9 Å². The number of benzene rings is 3. The summed E-state index contributed by atoms with van der Waals surface area (Å²) in [4.78, 5) is 16.7. The Kier molecular flexibility index (Phi) is 9.32. The maximum Gasteiger partial charge on any atom is 0.277 e. The molecule has 1 heterocycles. The Morgan fingerprint density at radius 1 is 1.05 bits per heavy atom. The zero-order chi connectivity index (χ0) is 26.7. The lowest BCUT2D eigenvalue weighted by molar-refractivity contribution is -0.123. The van der Waals surface area contributed by atoms with E-state index in [4.69, 9.17) is 25.8 Å². The van der Waals surface area contributed by atoms with Gasteiger partial charge in [0.2, 0.25) is 0 Å². The van der Waals surface area contributed by atoms with Crippen molar-refractivity contribution in [2.24, 2.45) is 5.10 Å². The van der Waals surface area contributed by atoms with Crippen molar-refractivity contribution in [2.45, 2.75) is 20.0 Å². The fourth-order valence-electron chi connectivity index (χ4n) is 3.77. The van der Waals surface area contributed by atoms with Gasteiger partial charge in [-0.2, -0.15) is 5.10 Å². The molecule has 8 heteroatoms. The van der Waals surface area contributed by atoms with Crippen LogP contribution in [0.2, 0.25) is 5.02 Å². The summed E-state index contributed by atoms with van der Waals surface area (Å²) in [5.41, 5.74) is 5.81. The number of nitrogens with zero attached hydrogens (tertiary/aromatic N) is 2. The van der Waals surface area contributed by atoms with Crippen molar-refractivity contribution in [3.05, 3.63) is 107 Å². The molecule has 38 heavy (non-hydrogen) atoms. The van der Waals surface area contributed by atoms with Gasteiger partial charge in [-0.05, 0) is 60.9 Å². The molecule has 0 aliphatic rings. The number of hydrazone groups is 1. The standard InChI is InChI=1S/C30H28ClN3O4/c1-3-7-24-16-22(17-27(36-4-2)30(24)38-19-21-11-13-25(31)14-12-21)18-33-34-28(35)20-37-26-10-5-8-23-9-6-15-32-29(23)26/h3,5-6,8-18H,1,4,7,19-20H2,2H3,(H,34,35). The molecular formula is C30H28ClN3O4. The number of rotatable bonds is 12. The number of amides is 1. The average Bonchev–Trinajstić information content (AvgIpc) is 2.93. The SMILES string of the molecule is C=CCc1cc(C=NNC(=O)COc2cccc3cccnc23)cc(OCC)c1OCc1ccc(Cl)cc1. The molecule has 0 atom stereocenters. The number of fused-ring (bicyclic) bond motifs is 1. The molecule has 0 aliphatic heterocycles. The highest BCUT2D eigenvalue weighted by Gasteiger charge is 2.14. The van der Waals surface area contributed by atoms with Gasteiger partial charge in [-0.1, -0.05) is 48.0 Å². The monoisotopic (exact) mass is 529 g/mol. The Morgan fingerprint density at radius 3 is 2.66 bits per heavy atom. The van der Waals surface area contributed by atoms with E-state index in [0.29, 0.717) is 47.4 Å². The zero-order valence-electron chi connectivity index (χ0n) is 21.0. The number of para-hydroxylation sites is 1. The van der Waals surface area contributed by atoms with Gasteiger partial charge in [-0.3, -0.25) is 9.78 Å². The summed E-state index contributed by atoms with van der Waals surface area (Å²) in [5.74, 6) is 1.36. The van der Waals surface area contributed by atoms with E-state index < -0.39 is 5.91 Å². The van der Waals surface area contributed by atoms with Crippen LogP contribution in [0.5, 0.6) is 17.2 Å². The third kappa shape index (κ3) is 7.11. The number of hydrogen-bond acceptors (Lipinski definition) is 6. The third-order valence-electron chi connectivity index (χ3n) is 5.47. The van der Waals surface area contributed by atoms with Crippen LogP contribution < -0.4 is 19.6 Å². The second-order valence-electron chi connectivity index (χ2n) is 8.26. The van der Waals surface area contributed by atoms with E-state index in [-0.39, 0.29) is 6.61 Å². The van der Waals surface area contributed by atoms with Crippen molar-refractivity contribution >= 4 is 34.6 Å². The zero-order valence-corrected chi connectivity index (χ0v) is 21.8. The number of halogens is 1. The first kappa shape index (κ1) is 26.7. The maximum absolute atomic E-state index is 12.3. The van der Waals surface area contributed by atoms with Crippen LogP contribution in [-0.4, -0.2) is 30.3 Å². The quantitative estimate of drug-likeness (QED) is 0.136. The van der Waals surface area contributed by atoms with E-state index in [9.17, 15) is 4.79 Å². The van der Waals surface area contributed by atoms with E-state index in [2.05, 4.69) is 22.1 Å². The molecule has 0 unspecified atom stereocenters. The summed E-state index contributed by atoms with van der Waals surface area (Å²) < 4.78 is 17.7. The molecule has 4 aromatic rings. The smallest absolute Gasteiger partial charge is 0.277 e. The van der Waals surface area contributed by atoms with Crippen molar-refractivity contribution in [3.63, 3.8) is 0 Å². The van der Waals surface area contributed by atoms with Crippen LogP contribution in [0.25, 0.3) is 10.9 Å². The number of carbonyl (C=O) groups excluding carboxylic acids is 1. The first-order valence-corrected chi connectivity index (χ1v) is 12.5. The van der Waals surface area contributed by atoms with Gasteiger partial charge in [0.05, 0.1) is 12.8 Å². The minimum atomic E-state index is -0.395. The minimum Gasteiger partial charge on any atom is -0.490 e. The fraction of sp³-hybridized carbons (Fsp3) is 0.167. The summed E-state index contributed by atoms with van der Waals surface area (Å²) in [6, 6.07) is 20.6. The van der Waals surface area contributed by atoms with Gasteiger partial charge < -0.3 is 14.2 Å². The highest BCUT2D eigenvalue weighted by molar-refractivity contribution is 6.30. The van der Waals surface area contributed by atoms with Crippen LogP contribution >= 0.6 is 11.6 Å². The molecule has 0 saturated carbocycles. The Bertz CT molecular complexity index is 1430. The van der Waals surface area contributed by atoms with Gasteiger partial charge in [0.25, 0.3) is 5.91 Å². The van der Waals surface area contributed by atoms with Crippen LogP contribution in [0, 0.1) is 0 Å². The van der Waals surface area contributed by atoms with Crippen LogP contribution in [0.15, 0.2) is 90.7 Å². The molecule has 194 valence electrons. The maximum atomic E-state index is 12.3. The molecule has 3 aromatic carbocycles. The fourth-order valence-corrected chi connectivity index (χ4v) is 3.90. The molecular weight excluding hydrogens is 502 g/mol. The molecule has 1 amide bonds. The largest absolute Gasteiger partial charge is 0.490 e. The number of allylic oxidation sites excluding steroid dienone is 1. The Labute approximate surface area is 226 Å². The number of ether oxygens (including phenoxy) is 3. The molecule has 0 bridgehead atoms. The lowest BCUT2D eigenvalue weighted by Crippen LogP contribution is -2.24. The molecule has 0 aliphatic carbocycles. The van der Waals surface area contributed by atoms with Gasteiger partial charge in [-0.15, -0.1) is 6.58 Å². The summed E-state index contributed by atoms with van der Waals surface area (Å²) in [5, 5.41) is 5.70. The first-order chi connectivity index (χ1) is 18.6. The van der Waals surface area contributed by atoms with Gasteiger partial charge >= 0.3 is 0 Å². The van der Waals surface area contributed by atoms with Crippen LogP contribution in [0.3, 0.4) is 0 Å².